The zero-order valence-electron chi connectivity index (χ0n) is 10.9. The Morgan fingerprint density at radius 2 is 1.74 bits per heavy atom. The number of anilines is 1. The molecule has 2 unspecified atom stereocenters. The maximum Gasteiger partial charge on any atom is 0.236 e. The van der Waals surface area contributed by atoms with Crippen LogP contribution in [0.15, 0.2) is 17.0 Å². The average Bonchev–Trinajstić information content (AvgIpc) is 2.25. The summed E-state index contributed by atoms with van der Waals surface area (Å²) in [5.74, 6) is -2.55. The normalized spacial score (nSPS) is 14.2. The third-order valence-corrected chi connectivity index (χ3v) is 3.99. The minimum atomic E-state index is -2.12. The molecule has 0 saturated heterocycles. The molecule has 0 heterocycles. The molecule has 0 aromatic heterocycles. The quantitative estimate of drug-likeness (QED) is 0.827. The zero-order valence-corrected chi connectivity index (χ0v) is 11.7. The summed E-state index contributed by atoms with van der Waals surface area (Å²) in [5.41, 5.74) is 5.17. The van der Waals surface area contributed by atoms with E-state index >= 15 is 0 Å². The number of rotatable bonds is 4. The summed E-state index contributed by atoms with van der Waals surface area (Å²) in [5, 5.41) is 1.48. The first-order valence-corrected chi connectivity index (χ1v) is 6.90. The molecule has 19 heavy (non-hydrogen) atoms. The van der Waals surface area contributed by atoms with Crippen LogP contribution in [0.1, 0.15) is 20.8 Å². The fourth-order valence-electron chi connectivity index (χ4n) is 1.45. The van der Waals surface area contributed by atoms with Gasteiger partial charge in [-0.15, -0.1) is 0 Å². The van der Waals surface area contributed by atoms with Crippen LogP contribution >= 0.6 is 0 Å². The van der Waals surface area contributed by atoms with Crippen LogP contribution in [0.5, 0.6) is 0 Å². The van der Waals surface area contributed by atoms with Gasteiger partial charge in [0, 0.05) is 11.7 Å². The number of nitrogens with two attached hydrogens (primary N) is 1. The highest BCUT2D eigenvalue weighted by Crippen LogP contribution is 2.22. The molecule has 0 bridgehead atoms. The summed E-state index contributed by atoms with van der Waals surface area (Å²) in [4.78, 5) is 11.1. The monoisotopic (exact) mass is 290 g/mol. The van der Waals surface area contributed by atoms with Gasteiger partial charge < -0.3 is 11.1 Å². The van der Waals surface area contributed by atoms with Gasteiger partial charge in [-0.1, -0.05) is 0 Å². The highest BCUT2D eigenvalue weighted by molar-refractivity contribution is 7.86. The number of hydrogen-bond donors (Lipinski definition) is 2. The molecular weight excluding hydrogens is 274 g/mol. The molecule has 4 nitrogen and oxygen atoms in total. The molecular formula is C12H16F2N2O2S. The SMILES string of the molecule is CC(C)NC(=O)C(C)S(=O)c1c(F)cc(N)cc1F. The molecule has 1 aromatic rings. The van der Waals surface area contributed by atoms with E-state index in [0.29, 0.717) is 0 Å². The van der Waals surface area contributed by atoms with Crippen molar-refractivity contribution in [1.82, 2.24) is 5.32 Å². The van der Waals surface area contributed by atoms with Gasteiger partial charge in [0.25, 0.3) is 0 Å². The van der Waals surface area contributed by atoms with E-state index in [1.54, 1.807) is 13.8 Å². The van der Waals surface area contributed by atoms with Crippen molar-refractivity contribution < 1.29 is 17.8 Å². The molecule has 0 spiro atoms. The first-order valence-electron chi connectivity index (χ1n) is 5.69. The van der Waals surface area contributed by atoms with Gasteiger partial charge in [0.2, 0.25) is 5.91 Å². The van der Waals surface area contributed by atoms with E-state index in [1.165, 1.54) is 6.92 Å². The summed E-state index contributed by atoms with van der Waals surface area (Å²) >= 11 is 0. The number of amides is 1. The third-order valence-electron chi connectivity index (χ3n) is 2.34. The van der Waals surface area contributed by atoms with Crippen molar-refractivity contribution in [2.75, 3.05) is 5.73 Å². The maximum atomic E-state index is 13.6. The molecule has 0 saturated carbocycles. The van der Waals surface area contributed by atoms with Crippen LogP contribution in [-0.2, 0) is 15.6 Å². The topological polar surface area (TPSA) is 72.2 Å². The van der Waals surface area contributed by atoms with Gasteiger partial charge in [-0.25, -0.2) is 8.78 Å². The Kier molecular flexibility index (Phi) is 4.99. The van der Waals surface area contributed by atoms with Crippen LogP contribution in [0.25, 0.3) is 0 Å². The van der Waals surface area contributed by atoms with E-state index in [0.717, 1.165) is 12.1 Å². The summed E-state index contributed by atoms with van der Waals surface area (Å²) in [6.07, 6.45) is 0. The lowest BCUT2D eigenvalue weighted by Crippen LogP contribution is -2.39. The molecule has 0 fully saturated rings. The van der Waals surface area contributed by atoms with Gasteiger partial charge >= 0.3 is 0 Å². The molecule has 1 aromatic carbocycles. The number of hydrogen-bond acceptors (Lipinski definition) is 3. The Morgan fingerprint density at radius 1 is 1.26 bits per heavy atom. The Balaban J connectivity index is 3.04. The van der Waals surface area contributed by atoms with E-state index in [2.05, 4.69) is 5.32 Å². The number of nitrogen functional groups attached to an aromatic ring is 1. The van der Waals surface area contributed by atoms with Crippen molar-refractivity contribution in [3.05, 3.63) is 23.8 Å². The Labute approximate surface area is 112 Å². The molecule has 3 N–H and O–H groups in total. The lowest BCUT2D eigenvalue weighted by atomic mass is 10.3. The van der Waals surface area contributed by atoms with Crippen LogP contribution in [0, 0.1) is 11.6 Å². The molecule has 1 amide bonds. The molecule has 2 atom stereocenters. The van der Waals surface area contributed by atoms with E-state index in [-0.39, 0.29) is 11.7 Å². The highest BCUT2D eigenvalue weighted by atomic mass is 32.2. The number of carbonyl (C=O) groups is 1. The third kappa shape index (κ3) is 3.73. The summed E-state index contributed by atoms with van der Waals surface area (Å²) in [6, 6.07) is 1.61. The molecule has 0 aliphatic carbocycles. The highest BCUT2D eigenvalue weighted by Gasteiger charge is 2.27. The second kappa shape index (κ2) is 6.10. The van der Waals surface area contributed by atoms with E-state index < -0.39 is 38.5 Å². The van der Waals surface area contributed by atoms with Gasteiger partial charge in [-0.3, -0.25) is 9.00 Å². The number of nitrogens with one attached hydrogen (secondary N) is 1. The van der Waals surface area contributed by atoms with Crippen molar-refractivity contribution in [2.24, 2.45) is 0 Å². The van der Waals surface area contributed by atoms with Gasteiger partial charge in [0.1, 0.15) is 21.8 Å². The first-order chi connectivity index (χ1) is 8.73. The second-order valence-corrected chi connectivity index (χ2v) is 6.13. The smallest absolute Gasteiger partial charge is 0.236 e. The van der Waals surface area contributed by atoms with Crippen molar-refractivity contribution >= 4 is 22.4 Å². The molecule has 106 valence electrons. The molecule has 0 aliphatic heterocycles. The lowest BCUT2D eigenvalue weighted by Gasteiger charge is -2.15. The van der Waals surface area contributed by atoms with Gasteiger partial charge in [-0.05, 0) is 32.9 Å². The van der Waals surface area contributed by atoms with E-state index in [9.17, 15) is 17.8 Å². The maximum absolute atomic E-state index is 13.6. The summed E-state index contributed by atoms with van der Waals surface area (Å²) < 4.78 is 39.3. The van der Waals surface area contributed by atoms with E-state index in [1.807, 2.05) is 0 Å². The van der Waals surface area contributed by atoms with Gasteiger partial charge in [0.15, 0.2) is 0 Å². The average molecular weight is 290 g/mol. The van der Waals surface area contributed by atoms with Crippen LogP contribution in [0.3, 0.4) is 0 Å². The molecule has 1 rings (SSSR count). The number of carbonyl (C=O) groups excluding carboxylic acids is 1. The first kappa shape index (κ1) is 15.6. The fraction of sp³-hybridized carbons (Fsp3) is 0.417. The Morgan fingerprint density at radius 3 is 2.16 bits per heavy atom. The zero-order chi connectivity index (χ0) is 14.7. The summed E-state index contributed by atoms with van der Waals surface area (Å²) in [6.45, 7) is 4.82. The Hall–Kier alpha value is -1.50. The van der Waals surface area contributed by atoms with Crippen molar-refractivity contribution in [3.63, 3.8) is 0 Å². The van der Waals surface area contributed by atoms with Crippen molar-refractivity contribution in [1.29, 1.82) is 0 Å². The molecule has 0 aliphatic rings. The van der Waals surface area contributed by atoms with Crippen LogP contribution in [0.4, 0.5) is 14.5 Å². The molecule has 7 heteroatoms. The predicted molar refractivity (Wildman–Crippen MR) is 69.9 cm³/mol. The molecule has 0 radical (unpaired) electrons. The van der Waals surface area contributed by atoms with Crippen LogP contribution in [-0.4, -0.2) is 21.4 Å². The van der Waals surface area contributed by atoms with Crippen LogP contribution < -0.4 is 11.1 Å². The predicted octanol–water partition coefficient (Wildman–Crippen LogP) is 1.57. The van der Waals surface area contributed by atoms with Crippen LogP contribution in [0.2, 0.25) is 0 Å². The second-order valence-electron chi connectivity index (χ2n) is 4.42. The Bertz CT molecular complexity index is 497. The number of halogens is 2. The van der Waals surface area contributed by atoms with Crippen molar-refractivity contribution in [2.45, 2.75) is 37.0 Å². The van der Waals surface area contributed by atoms with Gasteiger partial charge in [0.05, 0.1) is 10.8 Å². The standard InChI is InChI=1S/C12H16F2N2O2S/c1-6(2)16-12(17)7(3)19(18)11-9(13)4-8(15)5-10(11)14/h4-7H,15H2,1-3H3,(H,16,17). The number of benzene rings is 1. The fourth-order valence-corrected chi connectivity index (χ4v) is 2.57. The summed E-state index contributed by atoms with van der Waals surface area (Å²) in [7, 11) is -2.12. The van der Waals surface area contributed by atoms with Gasteiger partial charge in [-0.2, -0.15) is 0 Å². The minimum Gasteiger partial charge on any atom is -0.399 e. The van der Waals surface area contributed by atoms with Crippen molar-refractivity contribution in [3.8, 4) is 0 Å². The van der Waals surface area contributed by atoms with E-state index in [4.69, 9.17) is 5.73 Å². The lowest BCUT2D eigenvalue weighted by molar-refractivity contribution is -0.120. The minimum absolute atomic E-state index is 0.102. The largest absolute Gasteiger partial charge is 0.399 e.